The van der Waals surface area contributed by atoms with E-state index in [0.29, 0.717) is 6.54 Å². The van der Waals surface area contributed by atoms with Gasteiger partial charge in [0, 0.05) is 24.9 Å². The van der Waals surface area contributed by atoms with Gasteiger partial charge in [0.05, 0.1) is 17.2 Å². The van der Waals surface area contributed by atoms with Gasteiger partial charge in [0.15, 0.2) is 5.96 Å². The molecule has 2 aromatic rings. The van der Waals surface area contributed by atoms with Crippen molar-refractivity contribution in [3.05, 3.63) is 38.5 Å². The van der Waals surface area contributed by atoms with E-state index in [-0.39, 0.29) is 0 Å². The number of hydrogen-bond acceptors (Lipinski definition) is 5. The Balaban J connectivity index is 1.89. The summed E-state index contributed by atoms with van der Waals surface area (Å²) in [6, 6.07) is 1.94. The van der Waals surface area contributed by atoms with Gasteiger partial charge in [-0.1, -0.05) is 0 Å². The van der Waals surface area contributed by atoms with Gasteiger partial charge in [-0.05, 0) is 43.2 Å². The molecule has 5 nitrogen and oxygen atoms in total. The molecular formula is C16H24N4OS2. The SMILES string of the molecule is CCNC(=NCC(C)(O)c1ccsc1)NCCc1csc(C)n1. The Bertz CT molecular complexity index is 620. The van der Waals surface area contributed by atoms with Gasteiger partial charge in [0.25, 0.3) is 0 Å². The minimum atomic E-state index is -0.950. The smallest absolute Gasteiger partial charge is 0.191 e. The number of aliphatic imine (C=N–C) groups is 1. The van der Waals surface area contributed by atoms with Crippen LogP contribution in [0.2, 0.25) is 0 Å². The second-order valence-electron chi connectivity index (χ2n) is 5.52. The van der Waals surface area contributed by atoms with Crippen molar-refractivity contribution in [2.45, 2.75) is 32.8 Å². The number of nitrogens with zero attached hydrogens (tertiary/aromatic N) is 2. The molecule has 0 bridgehead atoms. The molecule has 0 saturated carbocycles. The summed E-state index contributed by atoms with van der Waals surface area (Å²) in [5.74, 6) is 0.718. The maximum Gasteiger partial charge on any atom is 0.191 e. The van der Waals surface area contributed by atoms with E-state index in [0.717, 1.165) is 41.7 Å². The summed E-state index contributed by atoms with van der Waals surface area (Å²) in [5.41, 5.74) is 1.05. The molecule has 0 radical (unpaired) electrons. The van der Waals surface area contributed by atoms with Gasteiger partial charge in [0.2, 0.25) is 0 Å². The summed E-state index contributed by atoms with van der Waals surface area (Å²) in [6.07, 6.45) is 0.857. The number of nitrogens with one attached hydrogen (secondary N) is 2. The standard InChI is InChI=1S/C16H24N4OS2/c1-4-17-15(18-7-5-14-10-23-12(2)20-14)19-11-16(3,21)13-6-8-22-9-13/h6,8-10,21H,4-5,7,11H2,1-3H3,(H2,17,18,19). The molecule has 2 aromatic heterocycles. The molecule has 126 valence electrons. The second kappa shape index (κ2) is 8.42. The largest absolute Gasteiger partial charge is 0.383 e. The fourth-order valence-corrected chi connectivity index (χ4v) is 3.50. The molecule has 0 aromatic carbocycles. The summed E-state index contributed by atoms with van der Waals surface area (Å²) in [5, 5.41) is 24.1. The molecule has 7 heteroatoms. The zero-order valence-corrected chi connectivity index (χ0v) is 15.4. The van der Waals surface area contributed by atoms with Gasteiger partial charge in [0.1, 0.15) is 5.60 Å². The molecule has 2 rings (SSSR count). The van der Waals surface area contributed by atoms with Gasteiger partial charge < -0.3 is 15.7 Å². The molecule has 3 N–H and O–H groups in total. The Morgan fingerprint density at radius 2 is 2.22 bits per heavy atom. The summed E-state index contributed by atoms with van der Waals surface area (Å²) in [7, 11) is 0. The van der Waals surface area contributed by atoms with E-state index in [1.54, 1.807) is 29.6 Å². The van der Waals surface area contributed by atoms with Crippen LogP contribution in [0.15, 0.2) is 27.2 Å². The molecule has 0 saturated heterocycles. The molecule has 1 atom stereocenters. The van der Waals surface area contributed by atoms with Crippen LogP contribution in [-0.2, 0) is 12.0 Å². The highest BCUT2D eigenvalue weighted by atomic mass is 32.1. The van der Waals surface area contributed by atoms with Crippen molar-refractivity contribution in [3.63, 3.8) is 0 Å². The molecule has 0 aliphatic carbocycles. The van der Waals surface area contributed by atoms with E-state index in [2.05, 4.69) is 26.0 Å². The third kappa shape index (κ3) is 5.60. The maximum absolute atomic E-state index is 10.5. The van der Waals surface area contributed by atoms with E-state index in [4.69, 9.17) is 0 Å². The highest BCUT2D eigenvalue weighted by molar-refractivity contribution is 7.09. The van der Waals surface area contributed by atoms with Crippen LogP contribution in [0.25, 0.3) is 0 Å². The maximum atomic E-state index is 10.5. The number of aromatic nitrogens is 1. The Morgan fingerprint density at radius 3 is 2.83 bits per heavy atom. The van der Waals surface area contributed by atoms with E-state index >= 15 is 0 Å². The first-order chi connectivity index (χ1) is 11.0. The van der Waals surface area contributed by atoms with E-state index in [9.17, 15) is 5.11 Å². The first-order valence-electron chi connectivity index (χ1n) is 7.69. The van der Waals surface area contributed by atoms with Crippen LogP contribution in [0, 0.1) is 6.92 Å². The lowest BCUT2D eigenvalue weighted by molar-refractivity contribution is 0.0677. The number of rotatable bonds is 7. The van der Waals surface area contributed by atoms with Gasteiger partial charge >= 0.3 is 0 Å². The normalized spacial score (nSPS) is 14.5. The van der Waals surface area contributed by atoms with Crippen molar-refractivity contribution in [2.24, 2.45) is 4.99 Å². The number of guanidine groups is 1. The van der Waals surface area contributed by atoms with Crippen molar-refractivity contribution in [1.82, 2.24) is 15.6 Å². The molecule has 2 heterocycles. The molecule has 0 aliphatic rings. The van der Waals surface area contributed by atoms with Crippen molar-refractivity contribution in [2.75, 3.05) is 19.6 Å². The fraction of sp³-hybridized carbons (Fsp3) is 0.500. The molecule has 1 unspecified atom stereocenters. The predicted octanol–water partition coefficient (Wildman–Crippen LogP) is 2.52. The van der Waals surface area contributed by atoms with Crippen LogP contribution in [-0.4, -0.2) is 35.7 Å². The monoisotopic (exact) mass is 352 g/mol. The van der Waals surface area contributed by atoms with Crippen molar-refractivity contribution >= 4 is 28.6 Å². The van der Waals surface area contributed by atoms with E-state index < -0.39 is 5.60 Å². The molecule has 0 fully saturated rings. The number of hydrogen-bond donors (Lipinski definition) is 3. The number of thiophene rings is 1. The quantitative estimate of drug-likeness (QED) is 0.529. The molecule has 23 heavy (non-hydrogen) atoms. The third-order valence-corrected chi connectivity index (χ3v) is 4.88. The first kappa shape index (κ1) is 17.9. The highest BCUT2D eigenvalue weighted by Crippen LogP contribution is 2.23. The zero-order chi connectivity index (χ0) is 16.7. The molecule has 0 aliphatic heterocycles. The van der Waals surface area contributed by atoms with Gasteiger partial charge in [-0.25, -0.2) is 9.98 Å². The lowest BCUT2D eigenvalue weighted by atomic mass is 10.00. The van der Waals surface area contributed by atoms with Crippen LogP contribution < -0.4 is 10.6 Å². The minimum Gasteiger partial charge on any atom is -0.383 e. The topological polar surface area (TPSA) is 69.5 Å². The molecule has 0 amide bonds. The Labute approximate surface area is 145 Å². The summed E-state index contributed by atoms with van der Waals surface area (Å²) < 4.78 is 0. The minimum absolute atomic E-state index is 0.314. The summed E-state index contributed by atoms with van der Waals surface area (Å²) >= 11 is 3.25. The average Bonchev–Trinajstić information content (AvgIpc) is 3.17. The lowest BCUT2D eigenvalue weighted by Crippen LogP contribution is -2.39. The van der Waals surface area contributed by atoms with Crippen molar-refractivity contribution in [3.8, 4) is 0 Å². The highest BCUT2D eigenvalue weighted by Gasteiger charge is 2.23. The molecule has 0 spiro atoms. The van der Waals surface area contributed by atoms with Crippen LogP contribution in [0.1, 0.15) is 30.1 Å². The van der Waals surface area contributed by atoms with Crippen LogP contribution in [0.5, 0.6) is 0 Å². The summed E-state index contributed by atoms with van der Waals surface area (Å²) in [6.45, 7) is 7.69. The van der Waals surface area contributed by atoms with Gasteiger partial charge in [-0.3, -0.25) is 0 Å². The van der Waals surface area contributed by atoms with Crippen LogP contribution in [0.4, 0.5) is 0 Å². The fourth-order valence-electron chi connectivity index (χ4n) is 2.07. The second-order valence-corrected chi connectivity index (χ2v) is 7.36. The van der Waals surface area contributed by atoms with Crippen LogP contribution in [0.3, 0.4) is 0 Å². The third-order valence-electron chi connectivity index (χ3n) is 3.37. The Morgan fingerprint density at radius 1 is 1.39 bits per heavy atom. The van der Waals surface area contributed by atoms with E-state index in [1.807, 2.05) is 30.7 Å². The summed E-state index contributed by atoms with van der Waals surface area (Å²) in [4.78, 5) is 8.96. The number of aryl methyl sites for hydroxylation is 1. The lowest BCUT2D eigenvalue weighted by Gasteiger charge is -2.21. The average molecular weight is 353 g/mol. The van der Waals surface area contributed by atoms with Gasteiger partial charge in [-0.2, -0.15) is 11.3 Å². The van der Waals surface area contributed by atoms with Crippen LogP contribution >= 0.6 is 22.7 Å². The first-order valence-corrected chi connectivity index (χ1v) is 9.52. The Hall–Kier alpha value is -1.44. The van der Waals surface area contributed by atoms with Crippen molar-refractivity contribution < 1.29 is 5.11 Å². The number of aliphatic hydroxyl groups is 1. The van der Waals surface area contributed by atoms with Crippen molar-refractivity contribution in [1.29, 1.82) is 0 Å². The van der Waals surface area contributed by atoms with Gasteiger partial charge in [-0.15, -0.1) is 11.3 Å². The predicted molar refractivity (Wildman–Crippen MR) is 98.4 cm³/mol. The van der Waals surface area contributed by atoms with E-state index in [1.165, 1.54) is 0 Å². The number of thiazole rings is 1. The molecular weight excluding hydrogens is 328 g/mol. The Kier molecular flexibility index (Phi) is 6.56. The zero-order valence-electron chi connectivity index (χ0n) is 13.8.